The number of rotatable bonds is 8. The number of ether oxygens (including phenoxy) is 1. The second-order valence-electron chi connectivity index (χ2n) is 6.57. The Morgan fingerprint density at radius 1 is 1.35 bits per heavy atom. The number of morpholine rings is 1. The number of aliphatic imine (C=N–C) groups is 1. The van der Waals surface area contributed by atoms with E-state index in [1.165, 1.54) is 0 Å². The molecule has 150 valence electrons. The van der Waals surface area contributed by atoms with Gasteiger partial charge < -0.3 is 25.0 Å². The van der Waals surface area contributed by atoms with Crippen LogP contribution in [-0.4, -0.2) is 72.7 Å². The second-order valence-corrected chi connectivity index (χ2v) is 6.57. The van der Waals surface area contributed by atoms with E-state index < -0.39 is 5.60 Å². The summed E-state index contributed by atoms with van der Waals surface area (Å²) in [5.74, 6) is 1.38. The molecule has 1 aliphatic rings. The van der Waals surface area contributed by atoms with E-state index in [-0.39, 0.29) is 24.0 Å². The van der Waals surface area contributed by atoms with Crippen molar-refractivity contribution in [1.29, 1.82) is 0 Å². The minimum Gasteiger partial charge on any atom is -0.387 e. The van der Waals surface area contributed by atoms with Crippen LogP contribution in [0.5, 0.6) is 0 Å². The van der Waals surface area contributed by atoms with Crippen molar-refractivity contribution in [2.24, 2.45) is 4.99 Å². The third-order valence-electron chi connectivity index (χ3n) is 4.01. The maximum atomic E-state index is 10.6. The number of hydrogen-bond acceptors (Lipinski definition) is 6. The molecule has 0 saturated carbocycles. The van der Waals surface area contributed by atoms with Gasteiger partial charge in [-0.25, -0.2) is 4.99 Å². The predicted octanol–water partition coefficient (Wildman–Crippen LogP) is 0.993. The van der Waals surface area contributed by atoms with Gasteiger partial charge in [0.1, 0.15) is 6.54 Å². The summed E-state index contributed by atoms with van der Waals surface area (Å²) in [4.78, 5) is 6.72. The first kappa shape index (κ1) is 23.1. The molecule has 8 nitrogen and oxygen atoms in total. The van der Waals surface area contributed by atoms with Crippen molar-refractivity contribution in [3.8, 4) is 0 Å². The van der Waals surface area contributed by atoms with E-state index in [1.54, 1.807) is 0 Å². The highest BCUT2D eigenvalue weighted by Crippen LogP contribution is 2.08. The zero-order valence-corrected chi connectivity index (χ0v) is 18.3. The molecule has 1 unspecified atom stereocenters. The molecule has 0 spiro atoms. The Kier molecular flexibility index (Phi) is 10.4. The van der Waals surface area contributed by atoms with Crippen molar-refractivity contribution >= 4 is 29.9 Å². The van der Waals surface area contributed by atoms with Crippen molar-refractivity contribution in [2.45, 2.75) is 39.3 Å². The van der Waals surface area contributed by atoms with Crippen LogP contribution >= 0.6 is 24.0 Å². The first-order valence-corrected chi connectivity index (χ1v) is 9.01. The van der Waals surface area contributed by atoms with Gasteiger partial charge in [-0.3, -0.25) is 4.90 Å². The van der Waals surface area contributed by atoms with Gasteiger partial charge in [0.25, 0.3) is 0 Å². The SMILES string of the molecule is CCNC(=NCc1cc(CC)no1)NCC(C)(O)CN1CCOCC1.I. The van der Waals surface area contributed by atoms with Gasteiger partial charge in [0.2, 0.25) is 0 Å². The molecular formula is C17H32IN5O3. The normalized spacial score (nSPS) is 18.1. The molecule has 1 aromatic rings. The Balaban J connectivity index is 0.00000338. The maximum Gasteiger partial charge on any atom is 0.191 e. The van der Waals surface area contributed by atoms with Gasteiger partial charge in [-0.15, -0.1) is 24.0 Å². The largest absolute Gasteiger partial charge is 0.387 e. The molecule has 0 radical (unpaired) electrons. The Hall–Kier alpha value is -0.910. The average molecular weight is 481 g/mol. The lowest BCUT2D eigenvalue weighted by Crippen LogP contribution is -2.52. The lowest BCUT2D eigenvalue weighted by Gasteiger charge is -2.34. The third-order valence-corrected chi connectivity index (χ3v) is 4.01. The third kappa shape index (κ3) is 8.19. The number of nitrogens with zero attached hydrogens (tertiary/aromatic N) is 3. The summed E-state index contributed by atoms with van der Waals surface area (Å²) in [7, 11) is 0. The summed E-state index contributed by atoms with van der Waals surface area (Å²) in [5, 5.41) is 21.0. The van der Waals surface area contributed by atoms with Gasteiger partial charge in [-0.2, -0.15) is 0 Å². The number of aromatic nitrogens is 1. The lowest BCUT2D eigenvalue weighted by molar-refractivity contribution is -0.0201. The van der Waals surface area contributed by atoms with Crippen LogP contribution in [0.1, 0.15) is 32.2 Å². The van der Waals surface area contributed by atoms with Crippen LogP contribution < -0.4 is 10.6 Å². The Labute approximate surface area is 172 Å². The molecule has 0 amide bonds. The van der Waals surface area contributed by atoms with E-state index >= 15 is 0 Å². The van der Waals surface area contributed by atoms with Gasteiger partial charge in [-0.1, -0.05) is 12.1 Å². The minimum atomic E-state index is -0.852. The van der Waals surface area contributed by atoms with E-state index in [1.807, 2.05) is 26.8 Å². The molecular weight excluding hydrogens is 449 g/mol. The number of hydrogen-bond donors (Lipinski definition) is 3. The summed E-state index contributed by atoms with van der Waals surface area (Å²) < 4.78 is 10.6. The number of β-amino-alcohol motifs (C(OH)–C–C–N with tert-alkyl or cyclic N) is 1. The lowest BCUT2D eigenvalue weighted by atomic mass is 10.1. The van der Waals surface area contributed by atoms with Crippen molar-refractivity contribution in [3.05, 3.63) is 17.5 Å². The van der Waals surface area contributed by atoms with E-state index in [2.05, 4.69) is 25.7 Å². The monoisotopic (exact) mass is 481 g/mol. The van der Waals surface area contributed by atoms with Crippen LogP contribution in [-0.2, 0) is 17.7 Å². The van der Waals surface area contributed by atoms with Crippen LogP contribution in [0, 0.1) is 0 Å². The highest BCUT2D eigenvalue weighted by molar-refractivity contribution is 14.0. The average Bonchev–Trinajstić information content (AvgIpc) is 3.06. The van der Waals surface area contributed by atoms with Crippen molar-refractivity contribution < 1.29 is 14.4 Å². The number of aryl methyl sites for hydroxylation is 1. The van der Waals surface area contributed by atoms with E-state index in [0.29, 0.717) is 25.6 Å². The molecule has 3 N–H and O–H groups in total. The zero-order chi connectivity index (χ0) is 18.1. The molecule has 2 heterocycles. The van der Waals surface area contributed by atoms with Gasteiger partial charge in [0, 0.05) is 38.8 Å². The Bertz CT molecular complexity index is 544. The van der Waals surface area contributed by atoms with Crippen LogP contribution in [0.4, 0.5) is 0 Å². The molecule has 0 aliphatic carbocycles. The summed E-state index contributed by atoms with van der Waals surface area (Å²) in [6.45, 7) is 11.2. The molecule has 1 saturated heterocycles. The van der Waals surface area contributed by atoms with Crippen molar-refractivity contribution in [1.82, 2.24) is 20.7 Å². The van der Waals surface area contributed by atoms with Crippen LogP contribution in [0.3, 0.4) is 0 Å². The summed E-state index contributed by atoms with van der Waals surface area (Å²) >= 11 is 0. The van der Waals surface area contributed by atoms with E-state index in [9.17, 15) is 5.11 Å². The van der Waals surface area contributed by atoms with Gasteiger partial charge in [0.15, 0.2) is 11.7 Å². The quantitative estimate of drug-likeness (QED) is 0.290. The fourth-order valence-corrected chi connectivity index (χ4v) is 2.67. The molecule has 9 heteroatoms. The summed E-state index contributed by atoms with van der Waals surface area (Å²) in [6.07, 6.45) is 0.843. The van der Waals surface area contributed by atoms with Crippen LogP contribution in [0.25, 0.3) is 0 Å². The van der Waals surface area contributed by atoms with Crippen LogP contribution in [0.2, 0.25) is 0 Å². The van der Waals surface area contributed by atoms with Gasteiger partial charge in [0.05, 0.1) is 24.5 Å². The molecule has 1 fully saturated rings. The molecule has 2 rings (SSSR count). The molecule has 0 aromatic carbocycles. The molecule has 26 heavy (non-hydrogen) atoms. The molecule has 1 aliphatic heterocycles. The minimum absolute atomic E-state index is 0. The Morgan fingerprint density at radius 3 is 2.69 bits per heavy atom. The van der Waals surface area contributed by atoms with E-state index in [0.717, 1.165) is 50.7 Å². The standard InChI is InChI=1S/C17H31N5O3.HI/c1-4-14-10-15(25-21-14)11-19-16(18-5-2)20-12-17(3,23)13-22-6-8-24-9-7-22;/h10,23H,4-9,11-13H2,1-3H3,(H2,18,19,20);1H. The summed E-state index contributed by atoms with van der Waals surface area (Å²) in [6, 6.07) is 1.92. The zero-order valence-electron chi connectivity index (χ0n) is 16.0. The van der Waals surface area contributed by atoms with Gasteiger partial charge in [-0.05, 0) is 20.3 Å². The highest BCUT2D eigenvalue weighted by atomic mass is 127. The predicted molar refractivity (Wildman–Crippen MR) is 112 cm³/mol. The number of halogens is 1. The van der Waals surface area contributed by atoms with Gasteiger partial charge >= 0.3 is 0 Å². The molecule has 1 atom stereocenters. The number of aliphatic hydroxyl groups is 1. The fourth-order valence-electron chi connectivity index (χ4n) is 2.67. The van der Waals surface area contributed by atoms with Crippen molar-refractivity contribution in [3.63, 3.8) is 0 Å². The highest BCUT2D eigenvalue weighted by Gasteiger charge is 2.25. The number of guanidine groups is 1. The fraction of sp³-hybridized carbons (Fsp3) is 0.765. The van der Waals surface area contributed by atoms with E-state index in [4.69, 9.17) is 9.26 Å². The summed E-state index contributed by atoms with van der Waals surface area (Å²) in [5.41, 5.74) is 0.0754. The Morgan fingerprint density at radius 2 is 2.08 bits per heavy atom. The van der Waals surface area contributed by atoms with Crippen molar-refractivity contribution in [2.75, 3.05) is 45.9 Å². The first-order valence-electron chi connectivity index (χ1n) is 9.01. The number of nitrogens with one attached hydrogen (secondary N) is 2. The smallest absolute Gasteiger partial charge is 0.191 e. The van der Waals surface area contributed by atoms with Crippen LogP contribution in [0.15, 0.2) is 15.6 Å². The molecule has 0 bridgehead atoms. The molecule has 1 aromatic heterocycles. The maximum absolute atomic E-state index is 10.6. The first-order chi connectivity index (χ1) is 12.0. The second kappa shape index (κ2) is 11.7. The topological polar surface area (TPSA) is 95.2 Å².